The molecule has 0 unspecified atom stereocenters. The van der Waals surface area contributed by atoms with E-state index in [1.54, 1.807) is 98.2 Å². The van der Waals surface area contributed by atoms with Crippen molar-refractivity contribution in [3.63, 3.8) is 0 Å². The minimum absolute atomic E-state index is 0.0107. The second-order valence-corrected chi connectivity index (χ2v) is 20.8. The number of fused-ring (bicyclic) bond motifs is 2. The van der Waals surface area contributed by atoms with E-state index in [1.807, 2.05) is 48.5 Å². The van der Waals surface area contributed by atoms with Crippen molar-refractivity contribution in [3.8, 4) is 11.5 Å². The molecule has 20 heteroatoms. The minimum Gasteiger partial charge on any atom is -0.497 e. The summed E-state index contributed by atoms with van der Waals surface area (Å²) in [6, 6.07) is 31.7. The maximum Gasteiger partial charge on any atom is 0.407 e. The summed E-state index contributed by atoms with van der Waals surface area (Å²) in [6.45, 7) is 1.69. The highest BCUT2D eigenvalue weighted by molar-refractivity contribution is 5.99. The molecule has 3 fully saturated rings. The lowest BCUT2D eigenvalue weighted by Gasteiger charge is -2.32. The van der Waals surface area contributed by atoms with Gasteiger partial charge in [0, 0.05) is 55.9 Å². The van der Waals surface area contributed by atoms with Crippen LogP contribution in [0.15, 0.2) is 140 Å². The van der Waals surface area contributed by atoms with Gasteiger partial charge in [-0.25, -0.2) is 4.79 Å². The van der Waals surface area contributed by atoms with Crippen LogP contribution in [0.25, 0.3) is 10.9 Å². The van der Waals surface area contributed by atoms with Crippen molar-refractivity contribution < 1.29 is 47.8 Å². The number of ether oxygens (including phenoxy) is 3. The lowest BCUT2D eigenvalue weighted by Crippen LogP contribution is -2.61. The van der Waals surface area contributed by atoms with Gasteiger partial charge in [0.1, 0.15) is 60.5 Å². The van der Waals surface area contributed by atoms with Crippen molar-refractivity contribution >= 4 is 52.4 Å². The van der Waals surface area contributed by atoms with Gasteiger partial charge < -0.3 is 67.0 Å². The van der Waals surface area contributed by atoms with Crippen molar-refractivity contribution in [3.05, 3.63) is 167 Å². The molecule has 4 heterocycles. The lowest BCUT2D eigenvalue weighted by atomic mass is 9.90. The van der Waals surface area contributed by atoms with Crippen LogP contribution in [-0.2, 0) is 59.4 Å². The number of piperidine rings is 1. The highest BCUT2D eigenvalue weighted by Crippen LogP contribution is 2.28. The Morgan fingerprint density at radius 2 is 1.23 bits per heavy atom. The second-order valence-electron chi connectivity index (χ2n) is 20.8. The van der Waals surface area contributed by atoms with Crippen molar-refractivity contribution in [2.24, 2.45) is 11.7 Å². The van der Waals surface area contributed by atoms with E-state index in [2.05, 4.69) is 42.2 Å². The average molecular weight is 1100 g/mol. The zero-order chi connectivity index (χ0) is 56.7. The van der Waals surface area contributed by atoms with Crippen LogP contribution >= 0.6 is 0 Å². The third-order valence-electron chi connectivity index (χ3n) is 15.1. The number of hydrogen-bond donors (Lipinski definition) is 9. The molecule has 3 saturated heterocycles. The van der Waals surface area contributed by atoms with E-state index in [1.165, 1.54) is 4.90 Å². The first-order chi connectivity index (χ1) is 39.4. The molecule has 81 heavy (non-hydrogen) atoms. The second kappa shape index (κ2) is 27.4. The first kappa shape index (κ1) is 57.0. The summed E-state index contributed by atoms with van der Waals surface area (Å²) in [5.74, 6) is -3.14. The molecule has 0 radical (unpaired) electrons. The van der Waals surface area contributed by atoms with E-state index >= 15 is 28.8 Å². The van der Waals surface area contributed by atoms with Crippen LogP contribution in [0.5, 0.6) is 11.5 Å². The number of aromatic nitrogens is 1. The molecule has 1 aromatic heterocycles. The van der Waals surface area contributed by atoms with Gasteiger partial charge in [0.05, 0.1) is 13.7 Å². The van der Waals surface area contributed by atoms with Gasteiger partial charge in [-0.1, -0.05) is 103 Å². The molecule has 424 valence electrons. The number of benzene rings is 5. The van der Waals surface area contributed by atoms with E-state index in [0.29, 0.717) is 66.3 Å². The molecule has 10 N–H and O–H groups in total. The minimum atomic E-state index is -1.43. The number of amides is 7. The standard InChI is InChI=1S/C61H70N10O10/c1-79-45-21-22-48-47(33-45)43(35-65-48)32-51-57(74)67-50(30-40-23-26-63-27-24-40)55(72)66-49(29-39-17-19-44(20-18-39)80-37-41-13-7-3-8-14-41)56(73)69-52(31-38-11-5-2-6-12-38)60(77)71-36-46(81-61(78)64-28-25-62)34-53(71)58(75)70-54(59(76)68-51)42-15-9-4-10-16-42/h2-22,33,35,40,46,49-54,63,65H,23-32,34,36-37,62H2,1H3,(H,64,78)(H,66,72)(H,67,74)(H,68,76)(H,69,73)(H,70,75)/t46-,49+,50+,51-,52+,53+,54+/m1/s1. The third kappa shape index (κ3) is 15.1. The molecule has 5 aromatic carbocycles. The number of hydrogen-bond acceptors (Lipinski definition) is 12. The van der Waals surface area contributed by atoms with Crippen molar-refractivity contribution in [1.29, 1.82) is 0 Å². The van der Waals surface area contributed by atoms with Gasteiger partial charge in [0.25, 0.3) is 0 Å². The summed E-state index contributed by atoms with van der Waals surface area (Å²) >= 11 is 0. The van der Waals surface area contributed by atoms with Crippen LogP contribution in [0.3, 0.4) is 0 Å². The van der Waals surface area contributed by atoms with Crippen LogP contribution < -0.4 is 52.4 Å². The number of carbonyl (C=O) groups is 7. The Kier molecular flexibility index (Phi) is 19.3. The smallest absolute Gasteiger partial charge is 0.407 e. The number of nitrogens with one attached hydrogen (secondary N) is 8. The van der Waals surface area contributed by atoms with E-state index < -0.39 is 83.9 Å². The quantitative estimate of drug-likeness (QED) is 0.0673. The van der Waals surface area contributed by atoms with E-state index in [9.17, 15) is 4.79 Å². The van der Waals surface area contributed by atoms with Gasteiger partial charge in [0.2, 0.25) is 35.4 Å². The number of aromatic amines is 1. The molecular formula is C61H70N10O10. The Balaban J connectivity index is 1.12. The molecule has 0 bridgehead atoms. The largest absolute Gasteiger partial charge is 0.497 e. The molecule has 7 amide bonds. The van der Waals surface area contributed by atoms with Gasteiger partial charge in [-0.15, -0.1) is 0 Å². The zero-order valence-electron chi connectivity index (χ0n) is 45.2. The van der Waals surface area contributed by atoms with Crippen LogP contribution in [0.2, 0.25) is 0 Å². The fourth-order valence-corrected chi connectivity index (χ4v) is 10.7. The number of rotatable bonds is 16. The van der Waals surface area contributed by atoms with Crippen LogP contribution in [0.1, 0.15) is 59.5 Å². The Morgan fingerprint density at radius 1 is 0.642 bits per heavy atom. The van der Waals surface area contributed by atoms with Gasteiger partial charge >= 0.3 is 6.09 Å². The number of nitrogens with two attached hydrogens (primary N) is 1. The molecule has 0 saturated carbocycles. The summed E-state index contributed by atoms with van der Waals surface area (Å²) in [5, 5.41) is 21.4. The van der Waals surface area contributed by atoms with Crippen LogP contribution in [-0.4, -0.2) is 128 Å². The maximum absolute atomic E-state index is 15.4. The topological polar surface area (TPSA) is 276 Å². The normalized spacial score (nSPS) is 22.4. The van der Waals surface area contributed by atoms with Gasteiger partial charge in [-0.05, 0) is 96.4 Å². The van der Waals surface area contributed by atoms with Gasteiger partial charge in [0.15, 0.2) is 0 Å². The highest BCUT2D eigenvalue weighted by Gasteiger charge is 2.45. The van der Waals surface area contributed by atoms with Crippen LogP contribution in [0, 0.1) is 5.92 Å². The SMILES string of the molecule is COc1ccc2[nH]cc(C[C@H]3NC(=O)[C@H](c4ccccc4)NC(=O)[C@@H]4C[C@@H](OC(=O)NCCN)CN4C(=O)[C@H](Cc4ccccc4)NC(=O)[C@H](Cc4ccc(OCc5ccccc5)cc4)NC(=O)[C@H](CC4CCNCC4)NC3=O)c2c1. The summed E-state index contributed by atoms with van der Waals surface area (Å²) < 4.78 is 17.4. The van der Waals surface area contributed by atoms with Gasteiger partial charge in [-0.2, -0.15) is 0 Å². The molecule has 3 aliphatic heterocycles. The highest BCUT2D eigenvalue weighted by atomic mass is 16.6. The molecule has 0 spiro atoms. The number of methoxy groups -OCH3 is 1. The Morgan fingerprint density at radius 3 is 1.93 bits per heavy atom. The molecule has 7 atom stereocenters. The van der Waals surface area contributed by atoms with Crippen molar-refractivity contribution in [2.45, 2.75) is 93.9 Å². The number of carbonyl (C=O) groups excluding carboxylic acids is 7. The summed E-state index contributed by atoms with van der Waals surface area (Å²) in [5.41, 5.74) is 9.69. The first-order valence-electron chi connectivity index (χ1n) is 27.6. The number of alkyl carbamates (subject to hydrolysis) is 1. The van der Waals surface area contributed by atoms with E-state index in [0.717, 1.165) is 16.5 Å². The third-order valence-corrected chi connectivity index (χ3v) is 15.1. The summed E-state index contributed by atoms with van der Waals surface area (Å²) in [4.78, 5) is 109. The fourth-order valence-electron chi connectivity index (χ4n) is 10.7. The average Bonchev–Trinajstić information content (AvgIpc) is 4.23. The molecule has 6 aromatic rings. The van der Waals surface area contributed by atoms with Gasteiger partial charge in [-0.3, -0.25) is 28.8 Å². The zero-order valence-corrected chi connectivity index (χ0v) is 45.2. The molecule has 20 nitrogen and oxygen atoms in total. The maximum atomic E-state index is 15.4. The first-order valence-corrected chi connectivity index (χ1v) is 27.6. The number of H-pyrrole nitrogens is 1. The lowest BCUT2D eigenvalue weighted by molar-refractivity contribution is -0.143. The van der Waals surface area contributed by atoms with Crippen LogP contribution in [0.4, 0.5) is 4.79 Å². The predicted octanol–water partition coefficient (Wildman–Crippen LogP) is 3.64. The van der Waals surface area contributed by atoms with E-state index in [4.69, 9.17) is 19.9 Å². The molecule has 3 aliphatic rings. The van der Waals surface area contributed by atoms with Crippen molar-refractivity contribution in [1.82, 2.24) is 47.1 Å². The molecule has 9 rings (SSSR count). The summed E-state index contributed by atoms with van der Waals surface area (Å²) in [6.07, 6.45) is 1.19. The predicted molar refractivity (Wildman–Crippen MR) is 302 cm³/mol. The Labute approximate surface area is 470 Å². The molecular weight excluding hydrogens is 1030 g/mol. The Bertz CT molecular complexity index is 3120. The Hall–Kier alpha value is -8.75. The monoisotopic (exact) mass is 1100 g/mol. The summed E-state index contributed by atoms with van der Waals surface area (Å²) in [7, 11) is 1.54. The number of nitrogens with zero attached hydrogens (tertiary/aromatic N) is 1. The fraction of sp³-hybridized carbons (Fsp3) is 0.361. The molecule has 0 aliphatic carbocycles. The van der Waals surface area contributed by atoms with Crippen molar-refractivity contribution in [2.75, 3.05) is 39.8 Å². The van der Waals surface area contributed by atoms with E-state index in [-0.39, 0.29) is 57.7 Å².